The molecule has 0 spiro atoms. The van der Waals surface area contributed by atoms with Crippen LogP contribution in [0.5, 0.6) is 0 Å². The van der Waals surface area contributed by atoms with Crippen LogP contribution in [-0.2, 0) is 16.1 Å². The molecule has 0 aliphatic carbocycles. The van der Waals surface area contributed by atoms with Crippen molar-refractivity contribution in [1.29, 1.82) is 5.26 Å². The zero-order chi connectivity index (χ0) is 17.6. The Morgan fingerprint density at radius 1 is 1.32 bits per heavy atom. The van der Waals surface area contributed by atoms with Crippen molar-refractivity contribution >= 4 is 17.3 Å². The van der Waals surface area contributed by atoms with Crippen molar-refractivity contribution in [2.24, 2.45) is 0 Å². The number of halogens is 1. The third kappa shape index (κ3) is 4.34. The number of hydrogen-bond donors (Lipinski definition) is 2. The van der Waals surface area contributed by atoms with Crippen LogP contribution >= 0.6 is 0 Å². The van der Waals surface area contributed by atoms with Gasteiger partial charge in [-0.05, 0) is 48.7 Å². The molecule has 6 heteroatoms. The molecule has 1 aliphatic rings. The van der Waals surface area contributed by atoms with E-state index in [-0.39, 0.29) is 17.6 Å². The number of hydrogen-bond acceptors (Lipinski definition) is 4. The maximum atomic E-state index is 13.9. The Morgan fingerprint density at radius 3 is 2.92 bits per heavy atom. The predicted octanol–water partition coefficient (Wildman–Crippen LogP) is 3.43. The Labute approximate surface area is 145 Å². The van der Waals surface area contributed by atoms with Crippen molar-refractivity contribution in [1.82, 2.24) is 0 Å². The second kappa shape index (κ2) is 7.77. The first-order valence-electron chi connectivity index (χ1n) is 8.10. The molecule has 2 N–H and O–H groups in total. The van der Waals surface area contributed by atoms with Crippen LogP contribution in [0.2, 0.25) is 0 Å². The summed E-state index contributed by atoms with van der Waals surface area (Å²) in [5.74, 6) is -0.609. The molecule has 3 rings (SSSR count). The summed E-state index contributed by atoms with van der Waals surface area (Å²) in [7, 11) is 0. The number of rotatable bonds is 5. The molecule has 25 heavy (non-hydrogen) atoms. The van der Waals surface area contributed by atoms with E-state index in [1.165, 1.54) is 12.1 Å². The molecule has 1 unspecified atom stereocenters. The monoisotopic (exact) mass is 339 g/mol. The van der Waals surface area contributed by atoms with Crippen molar-refractivity contribution in [2.45, 2.75) is 25.5 Å². The van der Waals surface area contributed by atoms with Gasteiger partial charge < -0.3 is 15.4 Å². The normalized spacial score (nSPS) is 16.2. The second-order valence-corrected chi connectivity index (χ2v) is 5.85. The largest absolute Gasteiger partial charge is 0.379 e. The summed E-state index contributed by atoms with van der Waals surface area (Å²) in [5, 5.41) is 14.6. The number of nitriles is 1. The van der Waals surface area contributed by atoms with E-state index < -0.39 is 5.82 Å². The first kappa shape index (κ1) is 16.9. The number of carbonyl (C=O) groups excluding carboxylic acids is 1. The van der Waals surface area contributed by atoms with E-state index in [2.05, 4.69) is 10.6 Å². The minimum Gasteiger partial charge on any atom is -0.379 e. The van der Waals surface area contributed by atoms with Gasteiger partial charge in [-0.2, -0.15) is 5.26 Å². The fourth-order valence-corrected chi connectivity index (χ4v) is 2.69. The van der Waals surface area contributed by atoms with Crippen LogP contribution in [0.3, 0.4) is 0 Å². The number of nitrogens with one attached hydrogen (secondary N) is 2. The number of anilines is 2. The molecule has 128 valence electrons. The molecule has 1 saturated heterocycles. The minimum absolute atomic E-state index is 0.138. The van der Waals surface area contributed by atoms with Crippen molar-refractivity contribution < 1.29 is 13.9 Å². The van der Waals surface area contributed by atoms with Gasteiger partial charge in [0.1, 0.15) is 11.9 Å². The van der Waals surface area contributed by atoms with Crippen LogP contribution in [0, 0.1) is 17.1 Å². The van der Waals surface area contributed by atoms with Gasteiger partial charge in [0.2, 0.25) is 0 Å². The lowest BCUT2D eigenvalue weighted by molar-refractivity contribution is -0.124. The van der Waals surface area contributed by atoms with Gasteiger partial charge in [-0.25, -0.2) is 4.39 Å². The molecule has 0 radical (unpaired) electrons. The molecule has 1 amide bonds. The second-order valence-electron chi connectivity index (χ2n) is 5.85. The molecule has 0 saturated carbocycles. The van der Waals surface area contributed by atoms with E-state index in [1.54, 1.807) is 12.1 Å². The highest BCUT2D eigenvalue weighted by molar-refractivity contribution is 5.94. The fourth-order valence-electron chi connectivity index (χ4n) is 2.69. The Hall–Kier alpha value is -2.91. The van der Waals surface area contributed by atoms with E-state index >= 15 is 0 Å². The SMILES string of the molecule is N#Cc1ccc(NCc2cccc(NC(=O)C3CCCO3)c2)c(F)c1. The standard InChI is InChI=1S/C19H18FN3O2/c20-16-10-13(11-21)6-7-17(16)22-12-14-3-1-4-15(9-14)23-19(24)18-5-2-8-25-18/h1,3-4,6-7,9-10,18,22H,2,5,8,12H2,(H,23,24). The van der Waals surface area contributed by atoms with Crippen LogP contribution in [0.25, 0.3) is 0 Å². The smallest absolute Gasteiger partial charge is 0.253 e. The number of nitrogens with zero attached hydrogens (tertiary/aromatic N) is 1. The van der Waals surface area contributed by atoms with Crippen LogP contribution in [0.1, 0.15) is 24.0 Å². The van der Waals surface area contributed by atoms with Crippen LogP contribution in [0.15, 0.2) is 42.5 Å². The van der Waals surface area contributed by atoms with Gasteiger partial charge in [-0.1, -0.05) is 12.1 Å². The highest BCUT2D eigenvalue weighted by Crippen LogP contribution is 2.19. The maximum Gasteiger partial charge on any atom is 0.253 e. The summed E-state index contributed by atoms with van der Waals surface area (Å²) in [4.78, 5) is 12.1. The molecule has 0 aromatic heterocycles. The molecule has 5 nitrogen and oxygen atoms in total. The number of amides is 1. The maximum absolute atomic E-state index is 13.9. The third-order valence-corrected chi connectivity index (χ3v) is 4.00. The van der Waals surface area contributed by atoms with Gasteiger partial charge in [0, 0.05) is 18.8 Å². The zero-order valence-electron chi connectivity index (χ0n) is 13.6. The molecule has 1 atom stereocenters. The zero-order valence-corrected chi connectivity index (χ0v) is 13.6. The molecule has 0 bridgehead atoms. The lowest BCUT2D eigenvalue weighted by Gasteiger charge is -2.12. The Bertz CT molecular complexity index is 811. The van der Waals surface area contributed by atoms with Gasteiger partial charge in [-0.3, -0.25) is 4.79 Å². The first-order chi connectivity index (χ1) is 12.2. The Morgan fingerprint density at radius 2 is 2.20 bits per heavy atom. The van der Waals surface area contributed by atoms with Crippen molar-refractivity contribution in [3.05, 3.63) is 59.4 Å². The Kier molecular flexibility index (Phi) is 5.26. The molecular formula is C19H18FN3O2. The number of carbonyl (C=O) groups is 1. The fraction of sp³-hybridized carbons (Fsp3) is 0.263. The summed E-state index contributed by atoms with van der Waals surface area (Å²) in [6.07, 6.45) is 1.26. The molecule has 1 heterocycles. The molecule has 1 aliphatic heterocycles. The average molecular weight is 339 g/mol. The third-order valence-electron chi connectivity index (χ3n) is 4.00. The van der Waals surface area contributed by atoms with Gasteiger partial charge in [0.05, 0.1) is 17.3 Å². The average Bonchev–Trinajstić information content (AvgIpc) is 3.16. The van der Waals surface area contributed by atoms with Crippen LogP contribution < -0.4 is 10.6 Å². The number of benzene rings is 2. The first-order valence-corrected chi connectivity index (χ1v) is 8.10. The van der Waals surface area contributed by atoms with Gasteiger partial charge >= 0.3 is 0 Å². The lowest BCUT2D eigenvalue weighted by atomic mass is 10.1. The van der Waals surface area contributed by atoms with Gasteiger partial charge in [0.15, 0.2) is 0 Å². The summed E-state index contributed by atoms with van der Waals surface area (Å²) in [5.41, 5.74) is 2.18. The van der Waals surface area contributed by atoms with Crippen molar-refractivity contribution in [2.75, 3.05) is 17.2 Å². The minimum atomic E-state index is -0.470. The molecule has 1 fully saturated rings. The highest BCUT2D eigenvalue weighted by Gasteiger charge is 2.23. The van der Waals surface area contributed by atoms with Crippen LogP contribution in [-0.4, -0.2) is 18.6 Å². The van der Waals surface area contributed by atoms with E-state index in [0.717, 1.165) is 18.4 Å². The predicted molar refractivity (Wildman–Crippen MR) is 92.5 cm³/mol. The van der Waals surface area contributed by atoms with E-state index in [1.807, 2.05) is 24.3 Å². The van der Waals surface area contributed by atoms with E-state index in [0.29, 0.717) is 24.5 Å². The van der Waals surface area contributed by atoms with Gasteiger partial charge in [-0.15, -0.1) is 0 Å². The van der Waals surface area contributed by atoms with E-state index in [4.69, 9.17) is 10.00 Å². The number of ether oxygens (including phenoxy) is 1. The topological polar surface area (TPSA) is 74.2 Å². The summed E-state index contributed by atoms with van der Waals surface area (Å²) >= 11 is 0. The molecule has 2 aromatic rings. The highest BCUT2D eigenvalue weighted by atomic mass is 19.1. The Balaban J connectivity index is 1.62. The van der Waals surface area contributed by atoms with Crippen molar-refractivity contribution in [3.8, 4) is 6.07 Å². The lowest BCUT2D eigenvalue weighted by Crippen LogP contribution is -2.26. The molecular weight excluding hydrogens is 321 g/mol. The van der Waals surface area contributed by atoms with Crippen LogP contribution in [0.4, 0.5) is 15.8 Å². The summed E-state index contributed by atoms with van der Waals surface area (Å²) in [6.45, 7) is 1.02. The summed E-state index contributed by atoms with van der Waals surface area (Å²) in [6, 6.07) is 13.5. The van der Waals surface area contributed by atoms with Crippen molar-refractivity contribution in [3.63, 3.8) is 0 Å². The molecule has 2 aromatic carbocycles. The van der Waals surface area contributed by atoms with E-state index in [9.17, 15) is 9.18 Å². The quantitative estimate of drug-likeness (QED) is 0.875. The van der Waals surface area contributed by atoms with Gasteiger partial charge in [0.25, 0.3) is 5.91 Å². The summed E-state index contributed by atoms with van der Waals surface area (Å²) < 4.78 is 19.2.